The van der Waals surface area contributed by atoms with Crippen molar-refractivity contribution in [3.8, 4) is 5.75 Å². The molecule has 128 valence electrons. The van der Waals surface area contributed by atoms with Crippen LogP contribution in [0.4, 0.5) is 5.69 Å². The zero-order valence-corrected chi connectivity index (χ0v) is 14.9. The van der Waals surface area contributed by atoms with Crippen molar-refractivity contribution in [2.75, 3.05) is 25.1 Å². The fraction of sp³-hybridized carbons (Fsp3) is 0.455. The highest BCUT2D eigenvalue weighted by Gasteiger charge is 2.26. The SMILES string of the molecule is CCC(Cc1ccccc1)C1CCCN(c2ccc(OC)cc2)C1. The van der Waals surface area contributed by atoms with Crippen LogP contribution in [0.25, 0.3) is 0 Å². The zero-order valence-electron chi connectivity index (χ0n) is 14.9. The Morgan fingerprint density at radius 1 is 1.08 bits per heavy atom. The second kappa shape index (κ2) is 8.23. The molecule has 2 nitrogen and oxygen atoms in total. The van der Waals surface area contributed by atoms with Crippen LogP contribution in [0.3, 0.4) is 0 Å². The standard InChI is InChI=1S/C22H29NO/c1-3-19(16-18-8-5-4-6-9-18)20-10-7-15-23(17-20)21-11-13-22(24-2)14-12-21/h4-6,8-9,11-14,19-20H,3,7,10,15-17H2,1-2H3. The van der Waals surface area contributed by atoms with Crippen LogP contribution in [-0.2, 0) is 6.42 Å². The third-order valence-electron chi connectivity index (χ3n) is 5.43. The predicted molar refractivity (Wildman–Crippen MR) is 102 cm³/mol. The number of rotatable bonds is 6. The molecule has 0 radical (unpaired) electrons. The van der Waals surface area contributed by atoms with Gasteiger partial charge in [0.2, 0.25) is 0 Å². The van der Waals surface area contributed by atoms with Crippen LogP contribution in [0.2, 0.25) is 0 Å². The van der Waals surface area contributed by atoms with E-state index in [-0.39, 0.29) is 0 Å². The summed E-state index contributed by atoms with van der Waals surface area (Å²) in [5.74, 6) is 2.49. The summed E-state index contributed by atoms with van der Waals surface area (Å²) in [4.78, 5) is 2.56. The van der Waals surface area contributed by atoms with Crippen LogP contribution >= 0.6 is 0 Å². The second-order valence-corrected chi connectivity index (χ2v) is 6.90. The summed E-state index contributed by atoms with van der Waals surface area (Å²) in [6, 6.07) is 19.5. The van der Waals surface area contributed by atoms with Gasteiger partial charge < -0.3 is 9.64 Å². The number of piperidine rings is 1. The monoisotopic (exact) mass is 323 g/mol. The lowest BCUT2D eigenvalue weighted by molar-refractivity contribution is 0.275. The molecule has 0 amide bonds. The van der Waals surface area contributed by atoms with Crippen molar-refractivity contribution in [1.82, 2.24) is 0 Å². The minimum atomic E-state index is 0.772. The lowest BCUT2D eigenvalue weighted by atomic mass is 9.80. The van der Waals surface area contributed by atoms with Gasteiger partial charge in [-0.15, -0.1) is 0 Å². The molecule has 0 aromatic heterocycles. The maximum Gasteiger partial charge on any atom is 0.119 e. The third kappa shape index (κ3) is 4.11. The lowest BCUT2D eigenvalue weighted by Gasteiger charge is -2.38. The predicted octanol–water partition coefficient (Wildman–Crippen LogP) is 5.18. The Kier molecular flexibility index (Phi) is 5.79. The number of hydrogen-bond acceptors (Lipinski definition) is 2. The van der Waals surface area contributed by atoms with Gasteiger partial charge in [-0.05, 0) is 60.9 Å². The van der Waals surface area contributed by atoms with E-state index < -0.39 is 0 Å². The molecule has 1 aliphatic heterocycles. The third-order valence-corrected chi connectivity index (χ3v) is 5.43. The van der Waals surface area contributed by atoms with E-state index in [1.165, 1.54) is 50.0 Å². The van der Waals surface area contributed by atoms with E-state index in [1.807, 2.05) is 0 Å². The molecule has 3 rings (SSSR count). The summed E-state index contributed by atoms with van der Waals surface area (Å²) in [5, 5.41) is 0. The summed E-state index contributed by atoms with van der Waals surface area (Å²) in [7, 11) is 1.72. The van der Waals surface area contributed by atoms with E-state index in [9.17, 15) is 0 Å². The molecule has 0 N–H and O–H groups in total. The van der Waals surface area contributed by atoms with Crippen LogP contribution in [0.15, 0.2) is 54.6 Å². The first-order chi connectivity index (χ1) is 11.8. The van der Waals surface area contributed by atoms with Gasteiger partial charge in [-0.25, -0.2) is 0 Å². The fourth-order valence-electron chi connectivity index (χ4n) is 3.98. The molecule has 0 saturated carbocycles. The Hall–Kier alpha value is -1.96. The Morgan fingerprint density at radius 2 is 1.83 bits per heavy atom. The molecule has 24 heavy (non-hydrogen) atoms. The van der Waals surface area contributed by atoms with Crippen molar-refractivity contribution in [3.05, 3.63) is 60.2 Å². The van der Waals surface area contributed by atoms with E-state index in [2.05, 4.69) is 66.4 Å². The smallest absolute Gasteiger partial charge is 0.119 e. The quantitative estimate of drug-likeness (QED) is 0.726. The molecule has 2 aromatic rings. The van der Waals surface area contributed by atoms with Gasteiger partial charge in [-0.1, -0.05) is 43.7 Å². The lowest BCUT2D eigenvalue weighted by Crippen LogP contribution is -2.38. The Balaban J connectivity index is 1.66. The summed E-state index contributed by atoms with van der Waals surface area (Å²) < 4.78 is 5.28. The molecule has 1 saturated heterocycles. The summed E-state index contributed by atoms with van der Waals surface area (Å²) in [6.07, 6.45) is 5.12. The Labute approximate surface area is 146 Å². The van der Waals surface area contributed by atoms with Crippen LogP contribution < -0.4 is 9.64 Å². The molecular weight excluding hydrogens is 294 g/mol. The Bertz CT molecular complexity index is 608. The van der Waals surface area contributed by atoms with Crippen molar-refractivity contribution in [3.63, 3.8) is 0 Å². The van der Waals surface area contributed by atoms with Crippen molar-refractivity contribution in [2.24, 2.45) is 11.8 Å². The number of hydrogen-bond donors (Lipinski definition) is 0. The molecule has 2 aromatic carbocycles. The topological polar surface area (TPSA) is 12.5 Å². The largest absolute Gasteiger partial charge is 0.497 e. The molecule has 2 heteroatoms. The van der Waals surface area contributed by atoms with Crippen LogP contribution in [0, 0.1) is 11.8 Å². The first-order valence-corrected chi connectivity index (χ1v) is 9.23. The van der Waals surface area contributed by atoms with Crippen molar-refractivity contribution < 1.29 is 4.74 Å². The molecule has 1 aliphatic rings. The highest BCUT2D eigenvalue weighted by molar-refractivity contribution is 5.49. The number of nitrogens with zero attached hydrogens (tertiary/aromatic N) is 1. The van der Waals surface area contributed by atoms with E-state index in [4.69, 9.17) is 4.74 Å². The van der Waals surface area contributed by atoms with Gasteiger partial charge in [0.1, 0.15) is 5.75 Å². The minimum absolute atomic E-state index is 0.772. The zero-order chi connectivity index (χ0) is 16.8. The normalized spacial score (nSPS) is 19.1. The molecule has 1 heterocycles. The molecule has 2 unspecified atom stereocenters. The number of methoxy groups -OCH3 is 1. The molecule has 0 aliphatic carbocycles. The van der Waals surface area contributed by atoms with Crippen molar-refractivity contribution >= 4 is 5.69 Å². The van der Waals surface area contributed by atoms with Crippen molar-refractivity contribution in [2.45, 2.75) is 32.6 Å². The number of ether oxygens (including phenoxy) is 1. The first kappa shape index (κ1) is 16.9. The van der Waals surface area contributed by atoms with E-state index in [0.717, 1.165) is 17.6 Å². The van der Waals surface area contributed by atoms with Gasteiger partial charge in [0, 0.05) is 18.8 Å². The number of anilines is 1. The van der Waals surface area contributed by atoms with Crippen LogP contribution in [0.1, 0.15) is 31.7 Å². The summed E-state index contributed by atoms with van der Waals surface area (Å²) in [6.45, 7) is 4.70. The maximum atomic E-state index is 5.28. The molecule has 1 fully saturated rings. The Morgan fingerprint density at radius 3 is 2.50 bits per heavy atom. The second-order valence-electron chi connectivity index (χ2n) is 6.90. The molecule has 2 atom stereocenters. The minimum Gasteiger partial charge on any atom is -0.497 e. The number of benzene rings is 2. The summed E-state index contributed by atoms with van der Waals surface area (Å²) in [5.41, 5.74) is 2.81. The van der Waals surface area contributed by atoms with E-state index >= 15 is 0 Å². The van der Waals surface area contributed by atoms with Gasteiger partial charge in [-0.3, -0.25) is 0 Å². The van der Waals surface area contributed by atoms with Gasteiger partial charge in [-0.2, -0.15) is 0 Å². The van der Waals surface area contributed by atoms with E-state index in [0.29, 0.717) is 0 Å². The molecular formula is C22H29NO. The van der Waals surface area contributed by atoms with Crippen LogP contribution in [0.5, 0.6) is 5.75 Å². The highest BCUT2D eigenvalue weighted by Crippen LogP contribution is 2.32. The fourth-order valence-corrected chi connectivity index (χ4v) is 3.98. The van der Waals surface area contributed by atoms with Gasteiger partial charge in [0.05, 0.1) is 7.11 Å². The average molecular weight is 323 g/mol. The van der Waals surface area contributed by atoms with Crippen molar-refractivity contribution in [1.29, 1.82) is 0 Å². The van der Waals surface area contributed by atoms with Gasteiger partial charge in [0.15, 0.2) is 0 Å². The maximum absolute atomic E-state index is 5.28. The first-order valence-electron chi connectivity index (χ1n) is 9.23. The van der Waals surface area contributed by atoms with Gasteiger partial charge in [0.25, 0.3) is 0 Å². The van der Waals surface area contributed by atoms with Gasteiger partial charge >= 0.3 is 0 Å². The summed E-state index contributed by atoms with van der Waals surface area (Å²) >= 11 is 0. The van der Waals surface area contributed by atoms with E-state index in [1.54, 1.807) is 7.11 Å². The molecule has 0 bridgehead atoms. The average Bonchev–Trinajstić information content (AvgIpc) is 2.67. The highest BCUT2D eigenvalue weighted by atomic mass is 16.5. The van der Waals surface area contributed by atoms with Crippen LogP contribution in [-0.4, -0.2) is 20.2 Å². The molecule has 0 spiro atoms.